The summed E-state index contributed by atoms with van der Waals surface area (Å²) in [4.78, 5) is 25.2. The average molecular weight is 298 g/mol. The van der Waals surface area contributed by atoms with Gasteiger partial charge in [0.05, 0.1) is 18.1 Å². The van der Waals surface area contributed by atoms with Crippen molar-refractivity contribution in [1.82, 2.24) is 4.90 Å². The van der Waals surface area contributed by atoms with Crippen molar-refractivity contribution in [2.45, 2.75) is 38.5 Å². The normalized spacial score (nSPS) is 28.6. The minimum absolute atomic E-state index is 0.0382. The number of aliphatic hydroxyl groups is 1. The summed E-state index contributed by atoms with van der Waals surface area (Å²) < 4.78 is 0. The van der Waals surface area contributed by atoms with Gasteiger partial charge in [0.25, 0.3) is 0 Å². The molecule has 7 heteroatoms. The monoisotopic (exact) mass is 298 g/mol. The lowest BCUT2D eigenvalue weighted by Crippen LogP contribution is -2.61. The molecule has 0 saturated carbocycles. The first-order valence-corrected chi connectivity index (χ1v) is 7.29. The number of β-lactam (4-membered cyclic amide) rings is 1. The van der Waals surface area contributed by atoms with Crippen LogP contribution in [-0.2, 0) is 9.59 Å². The average Bonchev–Trinajstić information content (AvgIpc) is 2.63. The summed E-state index contributed by atoms with van der Waals surface area (Å²) in [5.74, 6) is -1.92. The summed E-state index contributed by atoms with van der Waals surface area (Å²) in [6.07, 6.45) is 1.47. The van der Waals surface area contributed by atoms with E-state index >= 15 is 0 Å². The topological polar surface area (TPSA) is 104 Å². The van der Waals surface area contributed by atoms with E-state index in [0.717, 1.165) is 0 Å². The number of fused-ring (bicyclic) bond motifs is 1. The maximum Gasteiger partial charge on any atom is 0.353 e. The Balaban J connectivity index is 2.19. The Bertz CT molecular complexity index is 499. The van der Waals surface area contributed by atoms with Crippen LogP contribution in [-0.4, -0.2) is 45.2 Å². The Morgan fingerprint density at radius 1 is 1.55 bits per heavy atom. The predicted molar refractivity (Wildman–Crippen MR) is 75.5 cm³/mol. The maximum absolute atomic E-state index is 11.9. The number of carbonyl (C=O) groups is 2. The second-order valence-electron chi connectivity index (χ2n) is 5.13. The van der Waals surface area contributed by atoms with Gasteiger partial charge in [-0.15, -0.1) is 11.8 Å². The zero-order chi connectivity index (χ0) is 15.0. The van der Waals surface area contributed by atoms with Crippen molar-refractivity contribution < 1.29 is 19.8 Å². The van der Waals surface area contributed by atoms with Crippen molar-refractivity contribution in [3.8, 4) is 0 Å². The first-order valence-electron chi connectivity index (χ1n) is 6.41. The zero-order valence-corrected chi connectivity index (χ0v) is 12.1. The fourth-order valence-corrected chi connectivity index (χ4v) is 3.64. The number of carbonyl (C=O) groups excluding carboxylic acids is 1. The fourth-order valence-electron chi connectivity index (χ4n) is 2.58. The molecule has 2 rings (SSSR count). The largest absolute Gasteiger partial charge is 0.477 e. The zero-order valence-electron chi connectivity index (χ0n) is 11.3. The minimum Gasteiger partial charge on any atom is -0.477 e. The van der Waals surface area contributed by atoms with Gasteiger partial charge < -0.3 is 20.8 Å². The van der Waals surface area contributed by atoms with Crippen molar-refractivity contribution in [2.75, 3.05) is 0 Å². The number of hydrogen-bond donors (Lipinski definition) is 3. The maximum atomic E-state index is 11.9. The van der Waals surface area contributed by atoms with Crippen LogP contribution < -0.4 is 5.73 Å². The first kappa shape index (κ1) is 15.1. The van der Waals surface area contributed by atoms with Gasteiger partial charge in [0.15, 0.2) is 0 Å². The highest BCUT2D eigenvalue weighted by molar-refractivity contribution is 8.05. The number of rotatable bonds is 5. The number of hydrogen-bond acceptors (Lipinski definition) is 5. The SMILES string of the molecule is CC(N)/C=C/SC1=C(C(=O)O)N2C(=O)[C@@H]([C@H](C)O)[C@H]2C1. The second kappa shape index (κ2) is 5.59. The Labute approximate surface area is 121 Å². The Morgan fingerprint density at radius 3 is 2.70 bits per heavy atom. The smallest absolute Gasteiger partial charge is 0.353 e. The van der Waals surface area contributed by atoms with Crippen molar-refractivity contribution in [3.05, 3.63) is 22.1 Å². The number of carboxylic acids is 1. The number of carboxylic acid groups (broad SMARTS) is 1. The van der Waals surface area contributed by atoms with Gasteiger partial charge in [-0.1, -0.05) is 6.08 Å². The molecule has 0 aromatic heterocycles. The molecule has 4 N–H and O–H groups in total. The van der Waals surface area contributed by atoms with Crippen molar-refractivity contribution in [2.24, 2.45) is 11.7 Å². The lowest BCUT2D eigenvalue weighted by molar-refractivity contribution is -0.161. The van der Waals surface area contributed by atoms with Crippen LogP contribution in [0.4, 0.5) is 0 Å². The first-order chi connectivity index (χ1) is 9.34. The van der Waals surface area contributed by atoms with Gasteiger partial charge in [0, 0.05) is 17.4 Å². The van der Waals surface area contributed by atoms with E-state index in [1.165, 1.54) is 16.7 Å². The van der Waals surface area contributed by atoms with Gasteiger partial charge in [0.1, 0.15) is 5.70 Å². The van der Waals surface area contributed by atoms with Crippen LogP contribution in [0.5, 0.6) is 0 Å². The molecule has 2 aliphatic rings. The molecule has 0 radical (unpaired) electrons. The molecule has 1 unspecified atom stereocenters. The van der Waals surface area contributed by atoms with Gasteiger partial charge in [-0.05, 0) is 19.3 Å². The summed E-state index contributed by atoms with van der Waals surface area (Å²) >= 11 is 1.27. The third-order valence-electron chi connectivity index (χ3n) is 3.48. The molecule has 0 aromatic rings. The molecule has 0 aliphatic carbocycles. The molecule has 1 fully saturated rings. The standard InChI is InChI=1S/C13H18N2O4S/c1-6(14)3-4-20-9-5-8-10(7(2)16)12(17)15(8)11(9)13(18)19/h3-4,6-8,10,16H,5,14H2,1-2H3,(H,18,19)/b4-3+/t6?,7-,8+,10-/m0/s1. The molecule has 1 amide bonds. The summed E-state index contributed by atoms with van der Waals surface area (Å²) in [5.41, 5.74) is 5.63. The Hall–Kier alpha value is -1.31. The predicted octanol–water partition coefficient (Wildman–Crippen LogP) is 0.488. The van der Waals surface area contributed by atoms with Crippen LogP contribution in [0, 0.1) is 5.92 Å². The van der Waals surface area contributed by atoms with E-state index in [4.69, 9.17) is 5.73 Å². The molecule has 110 valence electrons. The van der Waals surface area contributed by atoms with Crippen LogP contribution in [0.3, 0.4) is 0 Å². The highest BCUT2D eigenvalue weighted by Gasteiger charge is 2.56. The third-order valence-corrected chi connectivity index (χ3v) is 4.42. The molecule has 20 heavy (non-hydrogen) atoms. The van der Waals surface area contributed by atoms with E-state index in [9.17, 15) is 19.8 Å². The number of nitrogens with zero attached hydrogens (tertiary/aromatic N) is 1. The van der Waals surface area contributed by atoms with Crippen LogP contribution in [0.25, 0.3) is 0 Å². The van der Waals surface area contributed by atoms with Gasteiger partial charge in [0.2, 0.25) is 5.91 Å². The van der Waals surface area contributed by atoms with Crippen molar-refractivity contribution >= 4 is 23.6 Å². The van der Waals surface area contributed by atoms with E-state index < -0.39 is 18.0 Å². The number of amides is 1. The number of nitrogens with two attached hydrogens (primary N) is 1. The van der Waals surface area contributed by atoms with Crippen LogP contribution in [0.2, 0.25) is 0 Å². The lowest BCUT2D eigenvalue weighted by atomic mass is 9.83. The van der Waals surface area contributed by atoms with Gasteiger partial charge in [-0.2, -0.15) is 0 Å². The quantitative estimate of drug-likeness (QED) is 0.638. The number of aliphatic carboxylic acids is 1. The second-order valence-corrected chi connectivity index (χ2v) is 6.13. The lowest BCUT2D eigenvalue weighted by Gasteiger charge is -2.44. The van der Waals surface area contributed by atoms with Crippen LogP contribution in [0.15, 0.2) is 22.1 Å². The summed E-state index contributed by atoms with van der Waals surface area (Å²) in [7, 11) is 0. The van der Waals surface area contributed by atoms with E-state index in [1.807, 2.05) is 6.92 Å². The summed E-state index contributed by atoms with van der Waals surface area (Å²) in [6, 6.07) is -0.346. The molecular weight excluding hydrogens is 280 g/mol. The Morgan fingerprint density at radius 2 is 2.20 bits per heavy atom. The molecule has 6 nitrogen and oxygen atoms in total. The molecule has 0 spiro atoms. The van der Waals surface area contributed by atoms with E-state index in [0.29, 0.717) is 11.3 Å². The summed E-state index contributed by atoms with van der Waals surface area (Å²) in [6.45, 7) is 3.37. The van der Waals surface area contributed by atoms with Gasteiger partial charge >= 0.3 is 5.97 Å². The third kappa shape index (κ3) is 2.48. The molecule has 2 aliphatic heterocycles. The van der Waals surface area contributed by atoms with Crippen molar-refractivity contribution in [1.29, 1.82) is 0 Å². The number of thioether (sulfide) groups is 1. The molecule has 0 aromatic carbocycles. The molecular formula is C13H18N2O4S. The molecule has 2 heterocycles. The van der Waals surface area contributed by atoms with Crippen LogP contribution >= 0.6 is 11.8 Å². The van der Waals surface area contributed by atoms with Crippen LogP contribution in [0.1, 0.15) is 20.3 Å². The van der Waals surface area contributed by atoms with E-state index in [1.54, 1.807) is 18.4 Å². The summed E-state index contributed by atoms with van der Waals surface area (Å²) in [5, 5.41) is 20.6. The van der Waals surface area contributed by atoms with E-state index in [2.05, 4.69) is 0 Å². The van der Waals surface area contributed by atoms with E-state index in [-0.39, 0.29) is 23.7 Å². The van der Waals surface area contributed by atoms with Crippen molar-refractivity contribution in [3.63, 3.8) is 0 Å². The molecule has 1 saturated heterocycles. The van der Waals surface area contributed by atoms with Gasteiger partial charge in [-0.25, -0.2) is 4.79 Å². The Kier molecular flexibility index (Phi) is 4.22. The minimum atomic E-state index is -1.11. The number of aliphatic hydroxyl groups excluding tert-OH is 1. The fraction of sp³-hybridized carbons (Fsp3) is 0.538. The molecule has 4 atom stereocenters. The highest BCUT2D eigenvalue weighted by atomic mass is 32.2. The highest BCUT2D eigenvalue weighted by Crippen LogP contribution is 2.47. The van der Waals surface area contributed by atoms with Gasteiger partial charge in [-0.3, -0.25) is 4.79 Å². The molecule has 0 bridgehead atoms.